The number of hydrogen-bond acceptors (Lipinski definition) is 2. The van der Waals surface area contributed by atoms with Gasteiger partial charge in [-0.3, -0.25) is 9.59 Å². The number of carbonyl (C=O) groups excluding carboxylic acids is 1. The molecule has 0 aromatic heterocycles. The van der Waals surface area contributed by atoms with Crippen molar-refractivity contribution in [1.82, 2.24) is 0 Å². The van der Waals surface area contributed by atoms with Crippen molar-refractivity contribution in [3.8, 4) is 0 Å². The second kappa shape index (κ2) is 4.77. The zero-order valence-electron chi connectivity index (χ0n) is 7.37. The standard InChI is InChI=1S/C10H9ClO3/c11-8-3-1-2-7(6-8)9(12)4-5-10(13)14/h1-3,6H,4-5H2,(H,13,14). The molecule has 0 unspecified atom stereocenters. The van der Waals surface area contributed by atoms with Gasteiger partial charge in [0, 0.05) is 17.0 Å². The van der Waals surface area contributed by atoms with Crippen molar-refractivity contribution in [2.45, 2.75) is 12.8 Å². The van der Waals surface area contributed by atoms with Gasteiger partial charge < -0.3 is 5.11 Å². The molecule has 0 aliphatic rings. The van der Waals surface area contributed by atoms with Crippen molar-refractivity contribution >= 4 is 23.4 Å². The Hall–Kier alpha value is -1.35. The molecule has 0 aliphatic carbocycles. The molecular formula is C10H9ClO3. The number of carbonyl (C=O) groups is 2. The van der Waals surface area contributed by atoms with Crippen LogP contribution in [0, 0.1) is 0 Å². The summed E-state index contributed by atoms with van der Waals surface area (Å²) >= 11 is 5.68. The highest BCUT2D eigenvalue weighted by atomic mass is 35.5. The van der Waals surface area contributed by atoms with Crippen molar-refractivity contribution in [2.24, 2.45) is 0 Å². The van der Waals surface area contributed by atoms with E-state index in [9.17, 15) is 9.59 Å². The van der Waals surface area contributed by atoms with E-state index >= 15 is 0 Å². The fraction of sp³-hybridized carbons (Fsp3) is 0.200. The highest BCUT2D eigenvalue weighted by molar-refractivity contribution is 6.31. The third-order valence-electron chi connectivity index (χ3n) is 1.71. The van der Waals surface area contributed by atoms with E-state index in [1.807, 2.05) is 0 Å². The van der Waals surface area contributed by atoms with Crippen LogP contribution < -0.4 is 0 Å². The van der Waals surface area contributed by atoms with Crippen molar-refractivity contribution in [3.63, 3.8) is 0 Å². The van der Waals surface area contributed by atoms with Crippen LogP contribution in [0.2, 0.25) is 5.02 Å². The molecule has 1 aromatic carbocycles. The van der Waals surface area contributed by atoms with Gasteiger partial charge in [0.2, 0.25) is 0 Å². The monoisotopic (exact) mass is 212 g/mol. The summed E-state index contributed by atoms with van der Waals surface area (Å²) in [7, 11) is 0. The molecule has 0 amide bonds. The molecule has 14 heavy (non-hydrogen) atoms. The second-order valence-corrected chi connectivity index (χ2v) is 3.26. The summed E-state index contributed by atoms with van der Waals surface area (Å²) in [6.45, 7) is 0. The lowest BCUT2D eigenvalue weighted by Gasteiger charge is -1.98. The average Bonchev–Trinajstić information content (AvgIpc) is 2.14. The summed E-state index contributed by atoms with van der Waals surface area (Å²) in [5.74, 6) is -1.17. The number of hydrogen-bond donors (Lipinski definition) is 1. The van der Waals surface area contributed by atoms with Gasteiger partial charge in [0.15, 0.2) is 5.78 Å². The normalized spacial score (nSPS) is 9.79. The van der Waals surface area contributed by atoms with Gasteiger partial charge in [0.25, 0.3) is 0 Å². The van der Waals surface area contributed by atoms with Crippen molar-refractivity contribution in [3.05, 3.63) is 34.9 Å². The molecule has 74 valence electrons. The first kappa shape index (κ1) is 10.7. The Balaban J connectivity index is 2.65. The number of benzene rings is 1. The van der Waals surface area contributed by atoms with E-state index in [-0.39, 0.29) is 18.6 Å². The Morgan fingerprint density at radius 2 is 2.00 bits per heavy atom. The molecule has 0 saturated heterocycles. The molecule has 0 radical (unpaired) electrons. The van der Waals surface area contributed by atoms with Gasteiger partial charge in [-0.1, -0.05) is 23.7 Å². The lowest BCUT2D eigenvalue weighted by atomic mass is 10.1. The fourth-order valence-electron chi connectivity index (χ4n) is 1.03. The van der Waals surface area contributed by atoms with Gasteiger partial charge in [-0.25, -0.2) is 0 Å². The molecule has 0 fully saturated rings. The third-order valence-corrected chi connectivity index (χ3v) is 1.95. The summed E-state index contributed by atoms with van der Waals surface area (Å²) in [5, 5.41) is 8.86. The van der Waals surface area contributed by atoms with Gasteiger partial charge >= 0.3 is 5.97 Å². The minimum Gasteiger partial charge on any atom is -0.481 e. The molecule has 0 atom stereocenters. The Labute approximate surface area is 86.3 Å². The molecule has 0 saturated carbocycles. The van der Waals surface area contributed by atoms with Crippen LogP contribution in [-0.4, -0.2) is 16.9 Å². The Morgan fingerprint density at radius 1 is 1.29 bits per heavy atom. The van der Waals surface area contributed by atoms with E-state index in [1.54, 1.807) is 18.2 Å². The van der Waals surface area contributed by atoms with E-state index in [4.69, 9.17) is 16.7 Å². The quantitative estimate of drug-likeness (QED) is 0.780. The second-order valence-electron chi connectivity index (χ2n) is 2.83. The first-order valence-corrected chi connectivity index (χ1v) is 4.48. The van der Waals surface area contributed by atoms with Crippen molar-refractivity contribution in [1.29, 1.82) is 0 Å². The lowest BCUT2D eigenvalue weighted by molar-refractivity contribution is -0.136. The Kier molecular flexibility index (Phi) is 3.65. The smallest absolute Gasteiger partial charge is 0.303 e. The maximum Gasteiger partial charge on any atom is 0.303 e. The Bertz CT molecular complexity index is 360. The number of halogens is 1. The number of rotatable bonds is 4. The summed E-state index contributed by atoms with van der Waals surface area (Å²) in [6, 6.07) is 6.48. The number of carboxylic acids is 1. The topological polar surface area (TPSA) is 54.4 Å². The zero-order valence-corrected chi connectivity index (χ0v) is 8.12. The van der Waals surface area contributed by atoms with Gasteiger partial charge in [0.05, 0.1) is 6.42 Å². The van der Waals surface area contributed by atoms with Crippen LogP contribution >= 0.6 is 11.6 Å². The minimum atomic E-state index is -0.972. The summed E-state index contributed by atoms with van der Waals surface area (Å²) < 4.78 is 0. The van der Waals surface area contributed by atoms with Crippen molar-refractivity contribution in [2.75, 3.05) is 0 Å². The molecule has 1 rings (SSSR count). The first-order valence-electron chi connectivity index (χ1n) is 4.10. The highest BCUT2D eigenvalue weighted by Gasteiger charge is 2.08. The molecule has 1 aromatic rings. The largest absolute Gasteiger partial charge is 0.481 e. The van der Waals surface area contributed by atoms with Crippen LogP contribution in [0.4, 0.5) is 0 Å². The van der Waals surface area contributed by atoms with Crippen molar-refractivity contribution < 1.29 is 14.7 Å². The fourth-order valence-corrected chi connectivity index (χ4v) is 1.22. The summed E-state index contributed by atoms with van der Waals surface area (Å²) in [5.41, 5.74) is 0.457. The van der Waals surface area contributed by atoms with E-state index in [0.717, 1.165) is 0 Å². The predicted octanol–water partition coefficient (Wildman–Crippen LogP) is 2.39. The Morgan fingerprint density at radius 3 is 2.57 bits per heavy atom. The number of Topliss-reactive ketones (excluding diaryl/α,β-unsaturated/α-hetero) is 1. The molecule has 0 heterocycles. The summed E-state index contributed by atoms with van der Waals surface area (Å²) in [4.78, 5) is 21.6. The van der Waals surface area contributed by atoms with Gasteiger partial charge in [-0.05, 0) is 12.1 Å². The molecule has 0 aliphatic heterocycles. The maximum absolute atomic E-state index is 11.4. The third kappa shape index (κ3) is 3.18. The minimum absolute atomic E-state index is 0.00960. The average molecular weight is 213 g/mol. The molecule has 1 N–H and O–H groups in total. The van der Waals surface area contributed by atoms with Gasteiger partial charge in [0.1, 0.15) is 0 Å². The van der Waals surface area contributed by atoms with E-state index < -0.39 is 5.97 Å². The van der Waals surface area contributed by atoms with E-state index in [0.29, 0.717) is 10.6 Å². The summed E-state index contributed by atoms with van der Waals surface area (Å²) in [6.07, 6.45) is -0.138. The predicted molar refractivity (Wildman–Crippen MR) is 52.7 cm³/mol. The van der Waals surface area contributed by atoms with E-state index in [1.165, 1.54) is 6.07 Å². The number of aliphatic carboxylic acids is 1. The van der Waals surface area contributed by atoms with Crippen LogP contribution in [0.3, 0.4) is 0 Å². The molecule has 0 spiro atoms. The molecule has 4 heteroatoms. The first-order chi connectivity index (χ1) is 6.59. The highest BCUT2D eigenvalue weighted by Crippen LogP contribution is 2.12. The number of carboxylic acid groups (broad SMARTS) is 1. The molecule has 3 nitrogen and oxygen atoms in total. The maximum atomic E-state index is 11.4. The van der Waals surface area contributed by atoms with Crippen LogP contribution in [0.25, 0.3) is 0 Å². The molecule has 0 bridgehead atoms. The van der Waals surface area contributed by atoms with Crippen LogP contribution in [0.1, 0.15) is 23.2 Å². The zero-order chi connectivity index (χ0) is 10.6. The SMILES string of the molecule is O=C(O)CCC(=O)c1cccc(Cl)c1. The van der Waals surface area contributed by atoms with Crippen LogP contribution in [-0.2, 0) is 4.79 Å². The van der Waals surface area contributed by atoms with E-state index in [2.05, 4.69) is 0 Å². The number of ketones is 1. The van der Waals surface area contributed by atoms with Gasteiger partial charge in [-0.2, -0.15) is 0 Å². The van der Waals surface area contributed by atoms with Gasteiger partial charge in [-0.15, -0.1) is 0 Å². The lowest BCUT2D eigenvalue weighted by Crippen LogP contribution is -2.03. The molecular weight excluding hydrogens is 204 g/mol. The van der Waals surface area contributed by atoms with Crippen LogP contribution in [0.5, 0.6) is 0 Å². The van der Waals surface area contributed by atoms with Crippen LogP contribution in [0.15, 0.2) is 24.3 Å².